The van der Waals surface area contributed by atoms with Gasteiger partial charge in [0, 0.05) is 19.3 Å². The van der Waals surface area contributed by atoms with Crippen LogP contribution in [0.2, 0.25) is 0 Å². The number of carbonyl (C=O) groups is 3. The van der Waals surface area contributed by atoms with Crippen LogP contribution in [0, 0.1) is 0 Å². The SMILES string of the molecule is CC/C=C\C/C=C\C/C=C\C/C=C\C/C=C\C/C=C\CCCCCCCCCCC(=O)OCC(COP(=O)(O)OCC(O)COP(=O)(O)OCC(O)COC(=O)CCCCCCCCCCCCCCC/C=C\C/C=C\C/C=C\C/C=C\CCCCC)OC(=O)CCCCCCCCCCC/C=C\C/C=C\C/C=C\C/C=C\CCCCC. The van der Waals surface area contributed by atoms with Gasteiger partial charge in [0.25, 0.3) is 0 Å². The van der Waals surface area contributed by atoms with Gasteiger partial charge in [0.2, 0.25) is 0 Å². The van der Waals surface area contributed by atoms with Gasteiger partial charge in [-0.25, -0.2) is 9.13 Å². The molecule has 0 aromatic heterocycles. The third-order valence-electron chi connectivity index (χ3n) is 19.4. The second kappa shape index (κ2) is 90.2. The molecule has 0 bridgehead atoms. The van der Waals surface area contributed by atoms with Crippen LogP contribution in [0.4, 0.5) is 0 Å². The molecule has 0 heterocycles. The lowest BCUT2D eigenvalue weighted by atomic mass is 10.0. The van der Waals surface area contributed by atoms with Crippen molar-refractivity contribution in [3.63, 3.8) is 0 Å². The molecule has 0 fully saturated rings. The van der Waals surface area contributed by atoms with E-state index in [1.165, 1.54) is 148 Å². The largest absolute Gasteiger partial charge is 0.472 e. The Balaban J connectivity index is 4.67. The highest BCUT2D eigenvalue weighted by Crippen LogP contribution is 2.45. The zero-order valence-corrected chi connectivity index (χ0v) is 75.6. The second-order valence-electron chi connectivity index (χ2n) is 30.7. The Morgan fingerprint density at radius 3 is 0.718 bits per heavy atom. The van der Waals surface area contributed by atoms with E-state index in [0.29, 0.717) is 19.3 Å². The lowest BCUT2D eigenvalue weighted by Gasteiger charge is -2.21. The molecule has 670 valence electrons. The minimum Gasteiger partial charge on any atom is -0.463 e. The van der Waals surface area contributed by atoms with Crippen molar-refractivity contribution < 1.29 is 75.8 Å². The molecule has 4 N–H and O–H groups in total. The number of esters is 3. The fourth-order valence-corrected chi connectivity index (χ4v) is 14.0. The van der Waals surface area contributed by atoms with E-state index in [1.54, 1.807) is 0 Å². The third-order valence-corrected chi connectivity index (χ3v) is 21.3. The average Bonchev–Trinajstić information content (AvgIpc) is 0.897. The first-order chi connectivity index (χ1) is 57.2. The normalized spacial score (nSPS) is 14.6. The van der Waals surface area contributed by atoms with Crippen LogP contribution < -0.4 is 0 Å². The monoisotopic (exact) mass is 1680 g/mol. The topological polar surface area (TPSA) is 231 Å². The average molecular weight is 1680 g/mol. The Labute approximate surface area is 713 Å². The molecule has 5 unspecified atom stereocenters. The molecular formula is C99H168O16P2. The minimum atomic E-state index is -4.95. The summed E-state index contributed by atoms with van der Waals surface area (Å²) in [5.41, 5.74) is 0. The summed E-state index contributed by atoms with van der Waals surface area (Å²) in [7, 11) is -9.82. The molecular weight excluding hydrogens is 1510 g/mol. The fraction of sp³-hybridized carbons (Fsp3) is 0.687. The first-order valence-electron chi connectivity index (χ1n) is 46.4. The summed E-state index contributed by atoms with van der Waals surface area (Å²) >= 11 is 0. The van der Waals surface area contributed by atoms with Crippen LogP contribution in [0.5, 0.6) is 0 Å². The number of phosphoric ester groups is 2. The van der Waals surface area contributed by atoms with Gasteiger partial charge in [-0.2, -0.15) is 0 Å². The van der Waals surface area contributed by atoms with Gasteiger partial charge in [0.1, 0.15) is 25.4 Å². The maximum atomic E-state index is 13.1. The summed E-state index contributed by atoms with van der Waals surface area (Å²) < 4.78 is 61.5. The summed E-state index contributed by atoms with van der Waals surface area (Å²) in [6.45, 7) is 2.54. The van der Waals surface area contributed by atoms with E-state index in [4.69, 9.17) is 32.3 Å². The highest BCUT2D eigenvalue weighted by Gasteiger charge is 2.29. The molecule has 18 heteroatoms. The molecule has 0 aliphatic rings. The lowest BCUT2D eigenvalue weighted by molar-refractivity contribution is -0.161. The summed E-state index contributed by atoms with van der Waals surface area (Å²) in [5, 5.41) is 20.7. The zero-order chi connectivity index (χ0) is 85.1. The number of hydrogen-bond acceptors (Lipinski definition) is 14. The van der Waals surface area contributed by atoms with E-state index >= 15 is 0 Å². The Kier molecular flexibility index (Phi) is 86.2. The first-order valence-corrected chi connectivity index (χ1v) is 49.4. The summed E-state index contributed by atoms with van der Waals surface area (Å²) in [4.78, 5) is 59.0. The number of aliphatic hydroxyl groups is 2. The molecule has 5 atom stereocenters. The minimum absolute atomic E-state index is 0.0902. The first kappa shape index (κ1) is 112. The Morgan fingerprint density at radius 2 is 0.453 bits per heavy atom. The molecule has 0 saturated carbocycles. The zero-order valence-electron chi connectivity index (χ0n) is 73.8. The standard InChI is InChI=1S/C99H168O16P2/c1-4-7-10-13-16-19-22-25-28-31-34-37-40-43-45-46-48-51-52-55-58-61-64-67-70-73-76-79-82-85-97(102)109-88-94(100)89-111-116(105,106)112-90-95(101)91-113-117(107,108)114-93-96(115-99(104)87-84-81-78-75-72-69-66-63-60-57-54-49-42-39-36-33-30-27-24-21-18-15-12-9-6-3)92-110-98(103)86-83-80-77-74-71-68-65-62-59-56-53-50-47-44-41-38-35-32-29-26-23-20-17-14-11-8-5-2/h8,11,16-21,25-30,34-39,43-45,47,49,53-54,56,94-96,100-101H,4-7,9-10,12-15,22-24,31-33,40-42,46,48,50-52,55,57-93H2,1-3H3,(H,105,106)(H,107,108)/b11-8-,19-16-,20-17-,21-18-,28-25-,29-26-,30-27-,37-34-,38-35-,39-36-,45-43-,47-44-,54-49-,56-53-. The molecule has 0 saturated heterocycles. The third kappa shape index (κ3) is 91.5. The van der Waals surface area contributed by atoms with Gasteiger partial charge in [0.05, 0.1) is 26.4 Å². The number of allylic oxidation sites excluding steroid dienone is 28. The number of hydrogen-bond donors (Lipinski definition) is 4. The van der Waals surface area contributed by atoms with Crippen molar-refractivity contribution in [2.24, 2.45) is 0 Å². The molecule has 0 aliphatic heterocycles. The van der Waals surface area contributed by atoms with Crippen LogP contribution in [-0.4, -0.2) is 95.9 Å². The predicted octanol–water partition coefficient (Wildman–Crippen LogP) is 28.7. The van der Waals surface area contributed by atoms with Crippen molar-refractivity contribution in [1.82, 2.24) is 0 Å². The van der Waals surface area contributed by atoms with E-state index in [0.717, 1.165) is 173 Å². The molecule has 0 aromatic rings. The summed E-state index contributed by atoms with van der Waals surface area (Å²) in [6.07, 6.45) is 117. The van der Waals surface area contributed by atoms with Crippen LogP contribution in [0.25, 0.3) is 0 Å². The van der Waals surface area contributed by atoms with E-state index in [2.05, 4.69) is 191 Å². The van der Waals surface area contributed by atoms with Gasteiger partial charge in [0.15, 0.2) is 6.10 Å². The number of rotatable bonds is 87. The number of phosphoric acid groups is 2. The molecule has 117 heavy (non-hydrogen) atoms. The molecule has 0 radical (unpaired) electrons. The molecule has 0 aromatic carbocycles. The molecule has 0 spiro atoms. The Hall–Kier alpha value is -5.09. The molecule has 16 nitrogen and oxygen atoms in total. The Morgan fingerprint density at radius 1 is 0.248 bits per heavy atom. The van der Waals surface area contributed by atoms with Crippen molar-refractivity contribution in [2.75, 3.05) is 39.6 Å². The maximum absolute atomic E-state index is 13.1. The highest BCUT2D eigenvalue weighted by atomic mass is 31.2. The molecule has 0 aliphatic carbocycles. The van der Waals surface area contributed by atoms with Crippen molar-refractivity contribution in [3.05, 3.63) is 170 Å². The van der Waals surface area contributed by atoms with Gasteiger partial charge in [-0.3, -0.25) is 32.5 Å². The van der Waals surface area contributed by atoms with Gasteiger partial charge >= 0.3 is 33.6 Å². The number of unbranched alkanes of at least 4 members (excludes halogenated alkanes) is 36. The lowest BCUT2D eigenvalue weighted by Crippen LogP contribution is -2.30. The summed E-state index contributed by atoms with van der Waals surface area (Å²) in [6, 6.07) is 0. The molecule has 0 amide bonds. The second-order valence-corrected chi connectivity index (χ2v) is 33.6. The van der Waals surface area contributed by atoms with Crippen molar-refractivity contribution in [2.45, 2.75) is 399 Å². The Bertz CT molecular complexity index is 2810. The smallest absolute Gasteiger partial charge is 0.463 e. The van der Waals surface area contributed by atoms with Gasteiger partial charge < -0.3 is 34.2 Å². The van der Waals surface area contributed by atoms with Crippen LogP contribution in [0.15, 0.2) is 170 Å². The van der Waals surface area contributed by atoms with Gasteiger partial charge in [-0.15, -0.1) is 0 Å². The van der Waals surface area contributed by atoms with E-state index < -0.39 is 91.5 Å². The summed E-state index contributed by atoms with van der Waals surface area (Å²) in [5.74, 6) is -1.59. The number of ether oxygens (including phenoxy) is 3. The number of aliphatic hydroxyl groups excluding tert-OH is 2. The fourth-order valence-electron chi connectivity index (χ4n) is 12.4. The van der Waals surface area contributed by atoms with Crippen LogP contribution in [0.1, 0.15) is 380 Å². The van der Waals surface area contributed by atoms with Gasteiger partial charge in [-0.05, 0) is 161 Å². The molecule has 0 rings (SSSR count). The van der Waals surface area contributed by atoms with Crippen LogP contribution >= 0.6 is 15.6 Å². The van der Waals surface area contributed by atoms with E-state index in [-0.39, 0.29) is 19.3 Å². The quantitative estimate of drug-likeness (QED) is 0.0146. The maximum Gasteiger partial charge on any atom is 0.472 e. The van der Waals surface area contributed by atoms with Crippen molar-refractivity contribution >= 4 is 33.6 Å². The van der Waals surface area contributed by atoms with Gasteiger partial charge in [-0.1, -0.05) is 371 Å². The number of carbonyl (C=O) groups excluding carboxylic acids is 3. The van der Waals surface area contributed by atoms with E-state index in [1.807, 2.05) is 0 Å². The predicted molar refractivity (Wildman–Crippen MR) is 491 cm³/mol. The van der Waals surface area contributed by atoms with Crippen molar-refractivity contribution in [1.29, 1.82) is 0 Å². The van der Waals surface area contributed by atoms with E-state index in [9.17, 15) is 43.5 Å². The van der Waals surface area contributed by atoms with Crippen LogP contribution in [0.3, 0.4) is 0 Å². The highest BCUT2D eigenvalue weighted by molar-refractivity contribution is 7.47. The van der Waals surface area contributed by atoms with Crippen molar-refractivity contribution in [3.8, 4) is 0 Å². The van der Waals surface area contributed by atoms with Crippen LogP contribution in [-0.2, 0) is 55.8 Å².